The van der Waals surface area contributed by atoms with Gasteiger partial charge in [0.2, 0.25) is 23.6 Å². The van der Waals surface area contributed by atoms with Gasteiger partial charge in [-0.3, -0.25) is 19.2 Å². The van der Waals surface area contributed by atoms with Gasteiger partial charge in [-0.05, 0) is 43.4 Å². The Bertz CT molecular complexity index is 1050. The van der Waals surface area contributed by atoms with Gasteiger partial charge in [0.05, 0.1) is 18.6 Å². The van der Waals surface area contributed by atoms with Crippen LogP contribution in [0.1, 0.15) is 43.7 Å². The zero-order valence-corrected chi connectivity index (χ0v) is 22.7. The van der Waals surface area contributed by atoms with Crippen LogP contribution in [0.3, 0.4) is 0 Å². The van der Waals surface area contributed by atoms with Gasteiger partial charge in [0.25, 0.3) is 0 Å². The largest absolute Gasteiger partial charge is 0.390 e. The van der Waals surface area contributed by atoms with E-state index in [0.717, 1.165) is 11.1 Å². The lowest BCUT2D eigenvalue weighted by Gasteiger charge is -2.27. The number of nitrogens with two attached hydrogens (primary N) is 1. The third-order valence-corrected chi connectivity index (χ3v) is 6.31. The van der Waals surface area contributed by atoms with Crippen molar-refractivity contribution in [3.05, 3.63) is 71.8 Å². The molecule has 2 aromatic carbocycles. The van der Waals surface area contributed by atoms with Gasteiger partial charge in [0, 0.05) is 20.4 Å². The topological polar surface area (TPSA) is 163 Å². The molecule has 0 saturated carbocycles. The zero-order chi connectivity index (χ0) is 28.6. The molecule has 2 rings (SSSR count). The summed E-state index contributed by atoms with van der Waals surface area (Å²) in [6.07, 6.45) is 0.703. The average Bonchev–Trinajstić information content (AvgIpc) is 2.92. The summed E-state index contributed by atoms with van der Waals surface area (Å²) in [5, 5.41) is 21.8. The number of carbonyl (C=O) groups excluding carboxylic acids is 4. The van der Waals surface area contributed by atoms with Gasteiger partial charge in [-0.2, -0.15) is 0 Å². The third-order valence-electron chi connectivity index (χ3n) is 6.31. The molecular weight excluding hydrogens is 498 g/mol. The smallest absolute Gasteiger partial charge is 0.242 e. The van der Waals surface area contributed by atoms with Gasteiger partial charge < -0.3 is 32.1 Å². The molecule has 0 heterocycles. The molecule has 0 aliphatic carbocycles. The van der Waals surface area contributed by atoms with Gasteiger partial charge >= 0.3 is 0 Å². The highest BCUT2D eigenvalue weighted by atomic mass is 16.3. The van der Waals surface area contributed by atoms with Crippen molar-refractivity contribution in [1.29, 1.82) is 0 Å². The second kappa shape index (κ2) is 17.0. The number of amides is 4. The number of hydrogen-bond acceptors (Lipinski definition) is 6. The lowest BCUT2D eigenvalue weighted by atomic mass is 9.97. The number of aliphatic hydroxyl groups excluding tert-OH is 1. The van der Waals surface area contributed by atoms with E-state index in [0.29, 0.717) is 25.8 Å². The maximum atomic E-state index is 13.2. The summed E-state index contributed by atoms with van der Waals surface area (Å²) in [6.45, 7) is 1.81. The normalized spacial score (nSPS) is 13.8. The van der Waals surface area contributed by atoms with Crippen LogP contribution in [0.4, 0.5) is 0 Å². The van der Waals surface area contributed by atoms with Crippen molar-refractivity contribution in [2.24, 2.45) is 5.73 Å². The summed E-state index contributed by atoms with van der Waals surface area (Å²) >= 11 is 0. The third kappa shape index (κ3) is 11.7. The van der Waals surface area contributed by atoms with Crippen LogP contribution in [0.5, 0.6) is 0 Å². The molecule has 212 valence electrons. The summed E-state index contributed by atoms with van der Waals surface area (Å²) in [5.74, 6) is -1.68. The molecule has 0 saturated heterocycles. The van der Waals surface area contributed by atoms with Crippen LogP contribution in [0.15, 0.2) is 60.7 Å². The molecule has 7 N–H and O–H groups in total. The van der Waals surface area contributed by atoms with Gasteiger partial charge in [-0.15, -0.1) is 0 Å². The summed E-state index contributed by atoms with van der Waals surface area (Å²) in [5.41, 5.74) is 7.30. The molecular formula is C29H41N5O5. The van der Waals surface area contributed by atoms with Gasteiger partial charge in [0.1, 0.15) is 12.1 Å². The molecule has 0 fully saturated rings. The molecule has 2 aromatic rings. The fourth-order valence-electron chi connectivity index (χ4n) is 4.26. The van der Waals surface area contributed by atoms with Gasteiger partial charge in [0.15, 0.2) is 0 Å². The van der Waals surface area contributed by atoms with E-state index in [2.05, 4.69) is 21.3 Å². The average molecular weight is 540 g/mol. The number of benzene rings is 2. The number of aliphatic hydroxyl groups is 1. The maximum absolute atomic E-state index is 13.2. The minimum absolute atomic E-state index is 0.263. The fraction of sp³-hybridized carbons (Fsp3) is 0.448. The molecule has 0 aliphatic rings. The Labute approximate surface area is 230 Å². The van der Waals surface area contributed by atoms with Crippen molar-refractivity contribution in [2.75, 3.05) is 13.6 Å². The number of carbonyl (C=O) groups is 4. The summed E-state index contributed by atoms with van der Waals surface area (Å²) in [4.78, 5) is 50.2. The molecule has 0 spiro atoms. The van der Waals surface area contributed by atoms with Crippen molar-refractivity contribution in [3.63, 3.8) is 0 Å². The second-order valence-corrected chi connectivity index (χ2v) is 9.54. The van der Waals surface area contributed by atoms with Crippen molar-refractivity contribution >= 4 is 23.6 Å². The highest BCUT2D eigenvalue weighted by Crippen LogP contribution is 2.12. The van der Waals surface area contributed by atoms with E-state index in [9.17, 15) is 24.3 Å². The standard InChI is InChI=1S/C29H41N5O5/c1-20(35)32-23(15-9-10-16-30)29(39)34-24(17-21-11-5-3-6-12-21)26(36)19-27(37)33-25(28(38)31-2)18-22-13-7-4-8-14-22/h3-8,11-14,23-26,36H,9-10,15-19,30H2,1-2H3,(H,31,38)(H,32,35)(H,33,37)(H,34,39)/t23-,24-,25-,26-/m0/s1. The van der Waals surface area contributed by atoms with Crippen LogP contribution in [0.25, 0.3) is 0 Å². The van der Waals surface area contributed by atoms with E-state index in [1.54, 1.807) is 0 Å². The van der Waals surface area contributed by atoms with Crippen molar-refractivity contribution in [3.8, 4) is 0 Å². The molecule has 39 heavy (non-hydrogen) atoms. The van der Waals surface area contributed by atoms with E-state index in [1.165, 1.54) is 14.0 Å². The van der Waals surface area contributed by atoms with Gasteiger partial charge in [-0.1, -0.05) is 60.7 Å². The Balaban J connectivity index is 2.14. The minimum Gasteiger partial charge on any atom is -0.390 e. The molecule has 4 atom stereocenters. The molecule has 10 nitrogen and oxygen atoms in total. The van der Waals surface area contributed by atoms with E-state index in [1.807, 2.05) is 60.7 Å². The predicted molar refractivity (Wildman–Crippen MR) is 149 cm³/mol. The maximum Gasteiger partial charge on any atom is 0.242 e. The van der Waals surface area contributed by atoms with Crippen molar-refractivity contribution in [1.82, 2.24) is 21.3 Å². The molecule has 0 radical (unpaired) electrons. The lowest BCUT2D eigenvalue weighted by Crippen LogP contribution is -2.54. The molecule has 0 unspecified atom stereocenters. The Kier molecular flexibility index (Phi) is 13.7. The minimum atomic E-state index is -1.25. The van der Waals surface area contributed by atoms with E-state index in [4.69, 9.17) is 5.73 Å². The highest BCUT2D eigenvalue weighted by Gasteiger charge is 2.29. The van der Waals surface area contributed by atoms with Crippen molar-refractivity contribution < 1.29 is 24.3 Å². The van der Waals surface area contributed by atoms with Crippen molar-refractivity contribution in [2.45, 2.75) is 69.7 Å². The Morgan fingerprint density at radius 2 is 1.38 bits per heavy atom. The molecule has 10 heteroatoms. The number of hydrogen-bond donors (Lipinski definition) is 6. The van der Waals surface area contributed by atoms with Crippen LogP contribution >= 0.6 is 0 Å². The van der Waals surface area contributed by atoms with Crippen LogP contribution in [0, 0.1) is 0 Å². The number of nitrogens with one attached hydrogen (secondary N) is 4. The summed E-state index contributed by atoms with van der Waals surface area (Å²) < 4.78 is 0. The van der Waals surface area contributed by atoms with Crippen LogP contribution < -0.4 is 27.0 Å². The first kappa shape index (κ1) is 31.5. The highest BCUT2D eigenvalue weighted by molar-refractivity contribution is 5.88. The summed E-state index contributed by atoms with van der Waals surface area (Å²) in [6, 6.07) is 16.1. The van der Waals surface area contributed by atoms with E-state index in [-0.39, 0.29) is 31.1 Å². The number of likely N-dealkylation sites (N-methyl/N-ethyl adjacent to an activating group) is 1. The van der Waals surface area contributed by atoms with Crippen LogP contribution in [-0.2, 0) is 32.0 Å². The number of rotatable bonds is 16. The van der Waals surface area contributed by atoms with E-state index < -0.39 is 36.0 Å². The van der Waals surface area contributed by atoms with Crippen LogP contribution in [-0.4, -0.2) is 66.6 Å². The quantitative estimate of drug-likeness (QED) is 0.171. The van der Waals surface area contributed by atoms with E-state index >= 15 is 0 Å². The molecule has 0 bridgehead atoms. The molecule has 0 aromatic heterocycles. The zero-order valence-electron chi connectivity index (χ0n) is 22.7. The van der Waals surface area contributed by atoms with Crippen LogP contribution in [0.2, 0.25) is 0 Å². The molecule has 4 amide bonds. The predicted octanol–water partition coefficient (Wildman–Crippen LogP) is 0.572. The second-order valence-electron chi connectivity index (χ2n) is 9.54. The molecule has 0 aliphatic heterocycles. The summed E-state index contributed by atoms with van der Waals surface area (Å²) in [7, 11) is 1.49. The fourth-order valence-corrected chi connectivity index (χ4v) is 4.26. The van der Waals surface area contributed by atoms with Gasteiger partial charge in [-0.25, -0.2) is 0 Å². The first-order valence-electron chi connectivity index (χ1n) is 13.3. The lowest BCUT2D eigenvalue weighted by molar-refractivity contribution is -0.131. The first-order chi connectivity index (χ1) is 18.7. The Morgan fingerprint density at radius 3 is 1.92 bits per heavy atom. The number of unbranched alkanes of at least 4 members (excludes halogenated alkanes) is 1. The monoisotopic (exact) mass is 539 g/mol. The Hall–Kier alpha value is -3.76. The Morgan fingerprint density at radius 1 is 0.795 bits per heavy atom. The first-order valence-corrected chi connectivity index (χ1v) is 13.3. The SMILES string of the molecule is CNC(=O)[C@H](Cc1ccccc1)NC(=O)C[C@H](O)[C@H](Cc1ccccc1)NC(=O)[C@H](CCCCN)NC(C)=O.